The van der Waals surface area contributed by atoms with Gasteiger partial charge in [-0.1, -0.05) is 26.0 Å². The monoisotopic (exact) mass is 819 g/mol. The third kappa shape index (κ3) is 8.34. The summed E-state index contributed by atoms with van der Waals surface area (Å²) >= 11 is 0. The third-order valence-corrected chi connectivity index (χ3v) is 14.4. The maximum absolute atomic E-state index is 14.9. The number of benzene rings is 1. The highest BCUT2D eigenvalue weighted by Gasteiger charge is 2.63. The van der Waals surface area contributed by atoms with Crippen LogP contribution < -0.4 is 35.0 Å². The van der Waals surface area contributed by atoms with E-state index in [0.29, 0.717) is 49.1 Å². The zero-order valence-electron chi connectivity index (χ0n) is 34.5. The van der Waals surface area contributed by atoms with E-state index in [1.165, 1.54) is 11.1 Å². The first kappa shape index (κ1) is 41.3. The Morgan fingerprint density at radius 2 is 1.86 bits per heavy atom. The first-order valence-electron chi connectivity index (χ1n) is 20.4. The number of nitrogens with one attached hydrogen (secondary N) is 4. The van der Waals surface area contributed by atoms with Crippen LogP contribution >= 0.6 is 0 Å². The van der Waals surface area contributed by atoms with Gasteiger partial charge < -0.3 is 35.2 Å². The maximum Gasteiger partial charge on any atom is 0.319 e. The zero-order chi connectivity index (χ0) is 41.8. The number of rotatable bonds is 6. The van der Waals surface area contributed by atoms with E-state index in [1.807, 2.05) is 65.1 Å². The van der Waals surface area contributed by atoms with Crippen LogP contribution in [0.4, 0.5) is 10.5 Å². The van der Waals surface area contributed by atoms with Crippen molar-refractivity contribution in [3.8, 4) is 11.6 Å². The molecule has 314 valence electrons. The summed E-state index contributed by atoms with van der Waals surface area (Å²) in [6.07, 6.45) is 9.50. The molecule has 5 amide bonds. The number of sulfonamides is 1. The molecular formula is C42H57N7O8S. The summed E-state index contributed by atoms with van der Waals surface area (Å²) in [5.74, 6) is -1.38. The van der Waals surface area contributed by atoms with Gasteiger partial charge in [-0.2, -0.15) is 0 Å². The Morgan fingerprint density at radius 3 is 2.59 bits per heavy atom. The van der Waals surface area contributed by atoms with Crippen molar-refractivity contribution in [2.45, 2.75) is 114 Å². The molecule has 4 heterocycles. The number of likely N-dealkylation sites (N-methyl/N-ethyl adjacent to an activating group) is 1. The van der Waals surface area contributed by atoms with Gasteiger partial charge in [0.05, 0.1) is 23.5 Å². The van der Waals surface area contributed by atoms with Gasteiger partial charge in [0.25, 0.3) is 11.8 Å². The number of fused-ring (bicyclic) bond motifs is 5. The van der Waals surface area contributed by atoms with E-state index < -0.39 is 67.7 Å². The van der Waals surface area contributed by atoms with E-state index in [1.54, 1.807) is 13.1 Å². The summed E-state index contributed by atoms with van der Waals surface area (Å²) in [7, 11) is -1.99. The van der Waals surface area contributed by atoms with Crippen molar-refractivity contribution in [1.82, 2.24) is 30.6 Å². The number of anilines is 1. The second-order valence-corrected chi connectivity index (χ2v) is 20.4. The highest BCUT2D eigenvalue weighted by atomic mass is 32.2. The summed E-state index contributed by atoms with van der Waals surface area (Å²) in [5, 5.41) is 10.1. The highest BCUT2D eigenvalue weighted by molar-refractivity contribution is 7.91. The van der Waals surface area contributed by atoms with Gasteiger partial charge in [-0.25, -0.2) is 18.2 Å². The van der Waals surface area contributed by atoms with E-state index >= 15 is 0 Å². The molecule has 5 aliphatic rings. The average Bonchev–Trinajstić information content (AvgIpc) is 4.02. The number of amides is 5. The van der Waals surface area contributed by atoms with Crippen LogP contribution in [0.25, 0.3) is 10.8 Å². The molecule has 3 fully saturated rings. The summed E-state index contributed by atoms with van der Waals surface area (Å²) in [4.78, 5) is 64.5. The molecule has 2 saturated carbocycles. The summed E-state index contributed by atoms with van der Waals surface area (Å²) < 4.78 is 40.4. The van der Waals surface area contributed by atoms with Crippen LogP contribution in [0.1, 0.15) is 86.5 Å². The van der Waals surface area contributed by atoms with Gasteiger partial charge in [0.2, 0.25) is 21.8 Å². The van der Waals surface area contributed by atoms with Crippen molar-refractivity contribution in [1.29, 1.82) is 0 Å². The quantitative estimate of drug-likeness (QED) is 0.242. The molecular weight excluding hydrogens is 763 g/mol. The fourth-order valence-corrected chi connectivity index (χ4v) is 9.62. The van der Waals surface area contributed by atoms with Crippen molar-refractivity contribution in [3.63, 3.8) is 0 Å². The highest BCUT2D eigenvalue weighted by Crippen LogP contribution is 2.48. The number of allylic oxidation sites excluding steroid dienone is 1. The smallest absolute Gasteiger partial charge is 0.319 e. The molecule has 4 N–H and O–H groups in total. The largest absolute Gasteiger partial charge is 0.489 e. The Hall–Kier alpha value is -4.86. The van der Waals surface area contributed by atoms with Crippen LogP contribution in [0.3, 0.4) is 0 Å². The number of hydrogen-bond acceptors (Lipinski definition) is 10. The fraction of sp³-hybridized carbons (Fsp3) is 0.595. The van der Waals surface area contributed by atoms with E-state index in [9.17, 15) is 27.6 Å². The SMILES string of the molecule is CC1CCC=CC2CC2(C(=O)NS(=O)(=O)C2(C)CC2)NC(=O)C2CC(Oc3nccc4c5c(ccc34)N(C)CCO5)CN2C(=O)/C(=C/NC(=O)NC(C)(C)C)C(C)C1. The van der Waals surface area contributed by atoms with Crippen molar-refractivity contribution in [2.75, 3.05) is 31.6 Å². The molecule has 2 aliphatic carbocycles. The molecule has 16 heteroatoms. The lowest BCUT2D eigenvalue weighted by Gasteiger charge is -2.29. The Labute approximate surface area is 340 Å². The standard InChI is InChI=1S/C42H57N7O8S/c1-25-10-8-9-11-27-22-42(27,38(52)47-58(54,55)41(6)15-16-41)45-35(50)33-21-28(24-49(33)37(51)31(26(2)20-25)23-44-39(53)46-40(3,4)5)57-36-30-12-13-32-34(29(30)14-17-43-36)56-19-18-48(32)7/h9,11-14,17,23,25-28,33H,8,10,15-16,18-22,24H2,1-7H3,(H,45,50)(H,47,52)(H2,44,46,53)/b11-9?,31-23+. The van der Waals surface area contributed by atoms with Crippen LogP contribution in [0.15, 0.2) is 48.3 Å². The number of aromatic nitrogens is 1. The average molecular weight is 820 g/mol. The molecule has 0 bridgehead atoms. The molecule has 7 rings (SSSR count). The lowest BCUT2D eigenvalue weighted by atomic mass is 9.88. The predicted molar refractivity (Wildman–Crippen MR) is 220 cm³/mol. The molecule has 0 spiro atoms. The first-order chi connectivity index (χ1) is 27.3. The topological polar surface area (TPSA) is 188 Å². The summed E-state index contributed by atoms with van der Waals surface area (Å²) in [6.45, 7) is 12.5. The summed E-state index contributed by atoms with van der Waals surface area (Å²) in [6, 6.07) is 4.16. The van der Waals surface area contributed by atoms with Gasteiger partial charge in [-0.3, -0.25) is 19.1 Å². The van der Waals surface area contributed by atoms with Gasteiger partial charge in [-0.15, -0.1) is 0 Å². The normalized spacial score (nSPS) is 29.2. The Kier molecular flexibility index (Phi) is 11.0. The van der Waals surface area contributed by atoms with Gasteiger partial charge in [0, 0.05) is 53.7 Å². The second kappa shape index (κ2) is 15.4. The molecule has 3 aliphatic heterocycles. The number of urea groups is 1. The lowest BCUT2D eigenvalue weighted by Crippen LogP contribution is -2.57. The van der Waals surface area contributed by atoms with Crippen molar-refractivity contribution in [2.24, 2.45) is 17.8 Å². The minimum absolute atomic E-state index is 0.00221. The maximum atomic E-state index is 14.9. The minimum Gasteiger partial charge on any atom is -0.489 e. The van der Waals surface area contributed by atoms with Gasteiger partial charge >= 0.3 is 6.03 Å². The Morgan fingerprint density at radius 1 is 1.10 bits per heavy atom. The van der Waals surface area contributed by atoms with Crippen LogP contribution in [-0.2, 0) is 24.4 Å². The van der Waals surface area contributed by atoms with Gasteiger partial charge in [-0.05, 0) is 96.3 Å². The van der Waals surface area contributed by atoms with E-state index in [-0.39, 0.29) is 31.2 Å². The number of carbonyl (C=O) groups is 4. The van der Waals surface area contributed by atoms with Crippen LogP contribution in [0.5, 0.6) is 11.6 Å². The van der Waals surface area contributed by atoms with Gasteiger partial charge in [0.1, 0.15) is 24.3 Å². The van der Waals surface area contributed by atoms with Crippen molar-refractivity contribution < 1.29 is 37.1 Å². The number of hydrogen-bond donors (Lipinski definition) is 4. The Balaban J connectivity index is 1.23. The fourth-order valence-electron chi connectivity index (χ4n) is 8.31. The molecule has 0 radical (unpaired) electrons. The van der Waals surface area contributed by atoms with Crippen LogP contribution in [0, 0.1) is 17.8 Å². The third-order valence-electron chi connectivity index (χ3n) is 12.2. The molecule has 1 aromatic carbocycles. The molecule has 6 unspecified atom stereocenters. The van der Waals surface area contributed by atoms with E-state index in [4.69, 9.17) is 9.47 Å². The van der Waals surface area contributed by atoms with Crippen LogP contribution in [0.2, 0.25) is 0 Å². The lowest BCUT2D eigenvalue weighted by molar-refractivity contribution is -0.138. The number of pyridine rings is 1. The number of nitrogens with zero attached hydrogens (tertiary/aromatic N) is 3. The van der Waals surface area contributed by atoms with E-state index in [2.05, 4.69) is 37.5 Å². The van der Waals surface area contributed by atoms with Gasteiger partial charge in [0.15, 0.2) is 5.75 Å². The number of ether oxygens (including phenoxy) is 2. The van der Waals surface area contributed by atoms with E-state index in [0.717, 1.165) is 29.8 Å². The predicted octanol–water partition coefficient (Wildman–Crippen LogP) is 4.28. The molecule has 1 saturated heterocycles. The zero-order valence-corrected chi connectivity index (χ0v) is 35.3. The van der Waals surface area contributed by atoms with Crippen LogP contribution in [-0.4, -0.2) is 96.8 Å². The minimum atomic E-state index is -4.00. The van der Waals surface area contributed by atoms with Crippen molar-refractivity contribution >= 4 is 50.2 Å². The molecule has 6 atom stereocenters. The van der Waals surface area contributed by atoms with Crippen molar-refractivity contribution in [3.05, 3.63) is 48.3 Å². The molecule has 1 aromatic heterocycles. The first-order valence-corrected chi connectivity index (χ1v) is 21.9. The molecule has 15 nitrogen and oxygen atoms in total. The number of carbonyl (C=O) groups excluding carboxylic acids is 4. The molecule has 58 heavy (non-hydrogen) atoms. The molecule has 2 aromatic rings. The second-order valence-electron chi connectivity index (χ2n) is 18.2. The summed E-state index contributed by atoms with van der Waals surface area (Å²) in [5.41, 5.74) is -0.785. The Bertz CT molecular complexity index is 2160.